The van der Waals surface area contributed by atoms with E-state index >= 15 is 0 Å². The minimum absolute atomic E-state index is 0.0295. The Bertz CT molecular complexity index is 204. The van der Waals surface area contributed by atoms with Crippen LogP contribution in [0.4, 0.5) is 0 Å². The lowest BCUT2D eigenvalue weighted by Crippen LogP contribution is -2.21. The number of hydrogen-bond donors (Lipinski definition) is 1. The molecule has 2 fully saturated rings. The highest BCUT2D eigenvalue weighted by molar-refractivity contribution is 5.70. The van der Waals surface area contributed by atoms with Crippen LogP contribution in [0.5, 0.6) is 0 Å². The van der Waals surface area contributed by atoms with Crippen molar-refractivity contribution in [3.8, 4) is 0 Å². The Kier molecular flexibility index (Phi) is 2.31. The molecular weight excluding hydrogens is 164 g/mol. The second-order valence-electron chi connectivity index (χ2n) is 4.84. The van der Waals surface area contributed by atoms with Crippen LogP contribution in [0.1, 0.15) is 51.4 Å². The van der Waals surface area contributed by atoms with E-state index in [0.29, 0.717) is 5.41 Å². The van der Waals surface area contributed by atoms with E-state index in [2.05, 4.69) is 0 Å². The lowest BCUT2D eigenvalue weighted by atomic mass is 9.72. The highest BCUT2D eigenvalue weighted by atomic mass is 16.4. The maximum atomic E-state index is 10.8. The molecule has 0 radical (unpaired) electrons. The fraction of sp³-hybridized carbons (Fsp3) is 0.909. The summed E-state index contributed by atoms with van der Waals surface area (Å²) < 4.78 is 0. The van der Waals surface area contributed by atoms with Gasteiger partial charge < -0.3 is 5.11 Å². The number of carbonyl (C=O) groups is 1. The zero-order valence-electron chi connectivity index (χ0n) is 8.09. The molecule has 13 heavy (non-hydrogen) atoms. The first-order valence-electron chi connectivity index (χ1n) is 5.45. The van der Waals surface area contributed by atoms with Gasteiger partial charge in [0, 0.05) is 0 Å². The molecule has 2 nitrogen and oxygen atoms in total. The van der Waals surface area contributed by atoms with Crippen LogP contribution in [0.3, 0.4) is 0 Å². The molecule has 74 valence electrons. The molecule has 2 rings (SSSR count). The summed E-state index contributed by atoms with van der Waals surface area (Å²) in [5.41, 5.74) is 0.446. The standard InChI is InChI=1S/C11H18O2/c12-10(13)9-4-7-11(8-9)5-2-1-3-6-11/h9H,1-8H2,(H,12,13). The van der Waals surface area contributed by atoms with Gasteiger partial charge in [0.15, 0.2) is 0 Å². The van der Waals surface area contributed by atoms with Gasteiger partial charge in [-0.2, -0.15) is 0 Å². The SMILES string of the molecule is O=C(O)C1CCC2(CCCCC2)C1. The van der Waals surface area contributed by atoms with Gasteiger partial charge in [0.1, 0.15) is 0 Å². The molecule has 0 aromatic rings. The van der Waals surface area contributed by atoms with Crippen molar-refractivity contribution in [3.05, 3.63) is 0 Å². The van der Waals surface area contributed by atoms with Crippen LogP contribution < -0.4 is 0 Å². The molecule has 2 aliphatic carbocycles. The van der Waals surface area contributed by atoms with Crippen molar-refractivity contribution in [2.75, 3.05) is 0 Å². The van der Waals surface area contributed by atoms with E-state index < -0.39 is 5.97 Å². The van der Waals surface area contributed by atoms with Crippen LogP contribution >= 0.6 is 0 Å². The quantitative estimate of drug-likeness (QED) is 0.677. The van der Waals surface area contributed by atoms with Gasteiger partial charge >= 0.3 is 5.97 Å². The Balaban J connectivity index is 1.98. The number of aliphatic carboxylic acids is 1. The summed E-state index contributed by atoms with van der Waals surface area (Å²) in [5.74, 6) is -0.597. The number of carboxylic acid groups (broad SMARTS) is 1. The Hall–Kier alpha value is -0.530. The van der Waals surface area contributed by atoms with Gasteiger partial charge in [0.05, 0.1) is 5.92 Å². The molecule has 0 heterocycles. The Morgan fingerprint density at radius 3 is 2.38 bits per heavy atom. The van der Waals surface area contributed by atoms with E-state index in [1.807, 2.05) is 0 Å². The van der Waals surface area contributed by atoms with E-state index in [1.165, 1.54) is 38.5 Å². The van der Waals surface area contributed by atoms with E-state index in [0.717, 1.165) is 12.8 Å². The zero-order valence-corrected chi connectivity index (χ0v) is 8.09. The third-order valence-corrected chi connectivity index (χ3v) is 3.97. The van der Waals surface area contributed by atoms with Gasteiger partial charge in [-0.25, -0.2) is 0 Å². The predicted octanol–water partition coefficient (Wildman–Crippen LogP) is 2.82. The third-order valence-electron chi connectivity index (χ3n) is 3.97. The summed E-state index contributed by atoms with van der Waals surface area (Å²) in [7, 11) is 0. The summed E-state index contributed by atoms with van der Waals surface area (Å²) in [6.45, 7) is 0. The van der Waals surface area contributed by atoms with Crippen molar-refractivity contribution in [1.29, 1.82) is 0 Å². The Morgan fingerprint density at radius 1 is 1.15 bits per heavy atom. The number of rotatable bonds is 1. The molecule has 2 aliphatic rings. The lowest BCUT2D eigenvalue weighted by molar-refractivity contribution is -0.141. The minimum Gasteiger partial charge on any atom is -0.481 e. The first-order chi connectivity index (χ1) is 6.22. The fourth-order valence-corrected chi connectivity index (χ4v) is 3.17. The van der Waals surface area contributed by atoms with Crippen LogP contribution in [-0.4, -0.2) is 11.1 Å². The van der Waals surface area contributed by atoms with Gasteiger partial charge in [-0.1, -0.05) is 19.3 Å². The van der Waals surface area contributed by atoms with Crippen molar-refractivity contribution in [3.63, 3.8) is 0 Å². The molecule has 0 bridgehead atoms. The summed E-state index contributed by atoms with van der Waals surface area (Å²) >= 11 is 0. The van der Waals surface area contributed by atoms with E-state index in [9.17, 15) is 4.79 Å². The van der Waals surface area contributed by atoms with Crippen molar-refractivity contribution < 1.29 is 9.90 Å². The Morgan fingerprint density at radius 2 is 1.85 bits per heavy atom. The average Bonchev–Trinajstić information content (AvgIpc) is 2.51. The smallest absolute Gasteiger partial charge is 0.306 e. The molecule has 1 unspecified atom stereocenters. The van der Waals surface area contributed by atoms with Crippen LogP contribution in [0.25, 0.3) is 0 Å². The summed E-state index contributed by atoms with van der Waals surface area (Å²) in [6, 6.07) is 0. The molecule has 1 atom stereocenters. The molecule has 1 spiro atoms. The zero-order chi connectivity index (χ0) is 9.31. The van der Waals surface area contributed by atoms with Gasteiger partial charge in [-0.15, -0.1) is 0 Å². The second-order valence-corrected chi connectivity index (χ2v) is 4.84. The molecule has 0 aliphatic heterocycles. The van der Waals surface area contributed by atoms with E-state index in [-0.39, 0.29) is 5.92 Å². The van der Waals surface area contributed by atoms with E-state index in [4.69, 9.17) is 5.11 Å². The summed E-state index contributed by atoms with van der Waals surface area (Å²) in [6.07, 6.45) is 9.65. The van der Waals surface area contributed by atoms with E-state index in [1.54, 1.807) is 0 Å². The largest absolute Gasteiger partial charge is 0.481 e. The Labute approximate surface area is 79.3 Å². The number of hydrogen-bond acceptors (Lipinski definition) is 1. The highest BCUT2D eigenvalue weighted by Crippen LogP contribution is 2.51. The molecule has 1 N–H and O–H groups in total. The lowest BCUT2D eigenvalue weighted by Gasteiger charge is -2.33. The van der Waals surface area contributed by atoms with Crippen molar-refractivity contribution >= 4 is 5.97 Å². The second kappa shape index (κ2) is 3.32. The topological polar surface area (TPSA) is 37.3 Å². The molecule has 0 aromatic carbocycles. The monoisotopic (exact) mass is 182 g/mol. The van der Waals surface area contributed by atoms with Gasteiger partial charge in [-0.05, 0) is 37.5 Å². The van der Waals surface area contributed by atoms with Gasteiger partial charge in [0.2, 0.25) is 0 Å². The summed E-state index contributed by atoms with van der Waals surface area (Å²) in [5, 5.41) is 8.93. The van der Waals surface area contributed by atoms with Crippen molar-refractivity contribution in [2.45, 2.75) is 51.4 Å². The molecule has 2 saturated carbocycles. The van der Waals surface area contributed by atoms with Crippen LogP contribution in [0.15, 0.2) is 0 Å². The molecule has 0 amide bonds. The van der Waals surface area contributed by atoms with Gasteiger partial charge in [0.25, 0.3) is 0 Å². The minimum atomic E-state index is -0.567. The maximum Gasteiger partial charge on any atom is 0.306 e. The normalized spacial score (nSPS) is 32.2. The van der Waals surface area contributed by atoms with Crippen LogP contribution in [0.2, 0.25) is 0 Å². The average molecular weight is 182 g/mol. The first kappa shape index (κ1) is 9.04. The molecular formula is C11H18O2. The predicted molar refractivity (Wildman–Crippen MR) is 50.5 cm³/mol. The van der Waals surface area contributed by atoms with Crippen molar-refractivity contribution in [1.82, 2.24) is 0 Å². The van der Waals surface area contributed by atoms with Gasteiger partial charge in [-0.3, -0.25) is 4.79 Å². The van der Waals surface area contributed by atoms with Crippen LogP contribution in [-0.2, 0) is 4.79 Å². The maximum absolute atomic E-state index is 10.8. The first-order valence-corrected chi connectivity index (χ1v) is 5.45. The molecule has 2 heteroatoms. The highest BCUT2D eigenvalue weighted by Gasteiger charge is 2.41. The molecule has 0 aromatic heterocycles. The summed E-state index contributed by atoms with van der Waals surface area (Å²) in [4.78, 5) is 10.8. The molecule has 0 saturated heterocycles. The van der Waals surface area contributed by atoms with Crippen molar-refractivity contribution in [2.24, 2.45) is 11.3 Å². The van der Waals surface area contributed by atoms with Crippen LogP contribution in [0, 0.1) is 11.3 Å². The number of carboxylic acids is 1. The fourth-order valence-electron chi connectivity index (χ4n) is 3.17. The third kappa shape index (κ3) is 1.72.